The highest BCUT2D eigenvalue weighted by atomic mass is 16.3. The van der Waals surface area contributed by atoms with Crippen molar-refractivity contribution in [3.63, 3.8) is 0 Å². The number of nitrogens with zero attached hydrogens (tertiary/aromatic N) is 2. The number of hydrogen-bond acceptors (Lipinski definition) is 3. The van der Waals surface area contributed by atoms with Gasteiger partial charge >= 0.3 is 0 Å². The fraction of sp³-hybridized carbons (Fsp3) is 0.400. The van der Waals surface area contributed by atoms with Gasteiger partial charge < -0.3 is 0 Å². The van der Waals surface area contributed by atoms with Gasteiger partial charge in [-0.1, -0.05) is 30.3 Å². The van der Waals surface area contributed by atoms with Gasteiger partial charge in [-0.05, 0) is 5.56 Å². The summed E-state index contributed by atoms with van der Waals surface area (Å²) in [6, 6.07) is 10.1. The molecular formula is C10H13N3O. The van der Waals surface area contributed by atoms with Gasteiger partial charge in [-0.3, -0.25) is 5.32 Å². The summed E-state index contributed by atoms with van der Waals surface area (Å²) in [6.07, 6.45) is 0.891. The quantitative estimate of drug-likeness (QED) is 0.729. The lowest BCUT2D eigenvalue weighted by Gasteiger charge is -2.17. The molecular weight excluding hydrogens is 178 g/mol. The number of nitroso groups, excluding NO2 is 1. The summed E-state index contributed by atoms with van der Waals surface area (Å²) in [5, 5.41) is 7.79. The van der Waals surface area contributed by atoms with Crippen molar-refractivity contribution >= 4 is 0 Å². The molecule has 0 saturated carbocycles. The van der Waals surface area contributed by atoms with E-state index in [1.54, 1.807) is 5.01 Å². The largest absolute Gasteiger partial charge is 0.294 e. The van der Waals surface area contributed by atoms with E-state index in [0.717, 1.165) is 13.0 Å². The van der Waals surface area contributed by atoms with E-state index in [-0.39, 0.29) is 6.17 Å². The van der Waals surface area contributed by atoms with Crippen molar-refractivity contribution in [2.75, 3.05) is 13.1 Å². The van der Waals surface area contributed by atoms with E-state index in [1.165, 1.54) is 5.56 Å². The molecule has 1 N–H and O–H groups in total. The van der Waals surface area contributed by atoms with Gasteiger partial charge in [-0.25, -0.2) is 5.01 Å². The second kappa shape index (κ2) is 4.19. The normalized spacial score (nSPS) is 21.1. The van der Waals surface area contributed by atoms with Crippen LogP contribution in [0.5, 0.6) is 0 Å². The molecule has 0 amide bonds. The Balaban J connectivity index is 2.00. The van der Waals surface area contributed by atoms with Gasteiger partial charge in [0, 0.05) is 13.0 Å². The van der Waals surface area contributed by atoms with Crippen molar-refractivity contribution in [2.24, 2.45) is 5.29 Å². The van der Waals surface area contributed by atoms with Crippen molar-refractivity contribution < 1.29 is 0 Å². The zero-order valence-electron chi connectivity index (χ0n) is 7.89. The third-order valence-electron chi connectivity index (χ3n) is 2.46. The molecule has 0 spiro atoms. The predicted molar refractivity (Wildman–Crippen MR) is 54.4 cm³/mol. The van der Waals surface area contributed by atoms with Crippen LogP contribution in [0.2, 0.25) is 0 Å². The van der Waals surface area contributed by atoms with E-state index in [4.69, 9.17) is 0 Å². The smallest absolute Gasteiger partial charge is 0.104 e. The van der Waals surface area contributed by atoms with Crippen molar-refractivity contribution in [2.45, 2.75) is 12.6 Å². The Bertz CT molecular complexity index is 301. The van der Waals surface area contributed by atoms with Crippen LogP contribution in [0.3, 0.4) is 0 Å². The summed E-state index contributed by atoms with van der Waals surface area (Å²) in [4.78, 5) is 10.4. The van der Waals surface area contributed by atoms with Crippen LogP contribution in [0.15, 0.2) is 35.6 Å². The lowest BCUT2D eigenvalue weighted by molar-refractivity contribution is 0.248. The molecule has 1 atom stereocenters. The molecule has 1 unspecified atom stereocenters. The highest BCUT2D eigenvalue weighted by Gasteiger charge is 2.23. The zero-order valence-corrected chi connectivity index (χ0v) is 7.89. The first-order valence-electron chi connectivity index (χ1n) is 4.77. The molecule has 74 valence electrons. The van der Waals surface area contributed by atoms with Gasteiger partial charge in [0.05, 0.1) is 11.8 Å². The molecule has 1 saturated heterocycles. The Morgan fingerprint density at radius 2 is 2.21 bits per heavy atom. The number of benzene rings is 1. The fourth-order valence-corrected chi connectivity index (χ4v) is 1.72. The van der Waals surface area contributed by atoms with Gasteiger partial charge in [0.2, 0.25) is 0 Å². The number of nitrogens with one attached hydrogen (secondary N) is 1. The molecule has 0 radical (unpaired) electrons. The van der Waals surface area contributed by atoms with Crippen molar-refractivity contribution in [1.82, 2.24) is 10.3 Å². The molecule has 1 aliphatic rings. The molecule has 1 heterocycles. The van der Waals surface area contributed by atoms with Gasteiger partial charge in [0.1, 0.15) is 6.17 Å². The van der Waals surface area contributed by atoms with Gasteiger partial charge in [0.15, 0.2) is 0 Å². The summed E-state index contributed by atoms with van der Waals surface area (Å²) in [7, 11) is 0. The maximum Gasteiger partial charge on any atom is 0.104 e. The Morgan fingerprint density at radius 1 is 1.43 bits per heavy atom. The SMILES string of the molecule is O=NN1CCNC1Cc1ccccc1. The topological polar surface area (TPSA) is 44.7 Å². The Labute approximate surface area is 82.9 Å². The standard InChI is InChI=1S/C10H13N3O/c14-12-13-7-6-11-10(13)8-9-4-2-1-3-5-9/h1-5,10-11H,6-8H2. The first kappa shape index (κ1) is 9.15. The highest BCUT2D eigenvalue weighted by molar-refractivity contribution is 5.15. The number of hydrogen-bond donors (Lipinski definition) is 1. The summed E-state index contributed by atoms with van der Waals surface area (Å²) in [5.74, 6) is 0. The van der Waals surface area contributed by atoms with E-state index in [2.05, 4.69) is 22.7 Å². The Kier molecular flexibility index (Phi) is 2.74. The average Bonchev–Trinajstić information content (AvgIpc) is 2.67. The Hall–Kier alpha value is -1.42. The van der Waals surface area contributed by atoms with Crippen molar-refractivity contribution in [3.8, 4) is 0 Å². The van der Waals surface area contributed by atoms with Gasteiger partial charge in [0.25, 0.3) is 0 Å². The van der Waals surface area contributed by atoms with E-state index < -0.39 is 0 Å². The third-order valence-corrected chi connectivity index (χ3v) is 2.46. The predicted octanol–water partition coefficient (Wildman–Crippen LogP) is 1.14. The molecule has 1 aliphatic heterocycles. The second-order valence-corrected chi connectivity index (χ2v) is 3.40. The average molecular weight is 191 g/mol. The van der Waals surface area contributed by atoms with E-state index in [1.807, 2.05) is 18.2 Å². The van der Waals surface area contributed by atoms with Crippen LogP contribution in [-0.4, -0.2) is 24.3 Å². The molecule has 14 heavy (non-hydrogen) atoms. The summed E-state index contributed by atoms with van der Waals surface area (Å²) < 4.78 is 0. The lowest BCUT2D eigenvalue weighted by atomic mass is 10.1. The molecule has 1 fully saturated rings. The zero-order chi connectivity index (χ0) is 9.80. The first-order valence-corrected chi connectivity index (χ1v) is 4.77. The van der Waals surface area contributed by atoms with Gasteiger partial charge in [-0.15, -0.1) is 4.91 Å². The van der Waals surface area contributed by atoms with Crippen LogP contribution in [0.1, 0.15) is 5.56 Å². The van der Waals surface area contributed by atoms with Gasteiger partial charge in [-0.2, -0.15) is 0 Å². The first-order chi connectivity index (χ1) is 6.90. The maximum absolute atomic E-state index is 10.4. The minimum absolute atomic E-state index is 0.0647. The summed E-state index contributed by atoms with van der Waals surface area (Å²) >= 11 is 0. The third kappa shape index (κ3) is 1.90. The van der Waals surface area contributed by atoms with Crippen LogP contribution in [0, 0.1) is 4.91 Å². The minimum Gasteiger partial charge on any atom is -0.294 e. The van der Waals surface area contributed by atoms with Crippen molar-refractivity contribution in [1.29, 1.82) is 0 Å². The maximum atomic E-state index is 10.4. The summed E-state index contributed by atoms with van der Waals surface area (Å²) in [6.45, 7) is 1.55. The van der Waals surface area contributed by atoms with E-state index in [0.29, 0.717) is 6.54 Å². The monoisotopic (exact) mass is 191 g/mol. The minimum atomic E-state index is 0.0647. The molecule has 0 bridgehead atoms. The summed E-state index contributed by atoms with van der Waals surface area (Å²) in [5.41, 5.74) is 1.22. The van der Waals surface area contributed by atoms with Crippen LogP contribution >= 0.6 is 0 Å². The van der Waals surface area contributed by atoms with Crippen LogP contribution in [-0.2, 0) is 6.42 Å². The molecule has 0 aliphatic carbocycles. The molecule has 0 aromatic heterocycles. The number of rotatable bonds is 3. The van der Waals surface area contributed by atoms with Crippen LogP contribution < -0.4 is 5.32 Å². The van der Waals surface area contributed by atoms with Crippen LogP contribution in [0.4, 0.5) is 0 Å². The lowest BCUT2D eigenvalue weighted by Crippen LogP contribution is -2.33. The highest BCUT2D eigenvalue weighted by Crippen LogP contribution is 2.10. The molecule has 2 rings (SSSR count). The van der Waals surface area contributed by atoms with Crippen LogP contribution in [0.25, 0.3) is 0 Å². The molecule has 4 nitrogen and oxygen atoms in total. The second-order valence-electron chi connectivity index (χ2n) is 3.40. The molecule has 4 heteroatoms. The Morgan fingerprint density at radius 3 is 2.93 bits per heavy atom. The molecule has 1 aromatic carbocycles. The fourth-order valence-electron chi connectivity index (χ4n) is 1.72. The molecule has 1 aromatic rings. The van der Waals surface area contributed by atoms with E-state index >= 15 is 0 Å². The van der Waals surface area contributed by atoms with E-state index in [9.17, 15) is 4.91 Å². The van der Waals surface area contributed by atoms with Crippen molar-refractivity contribution in [3.05, 3.63) is 40.8 Å².